The summed E-state index contributed by atoms with van der Waals surface area (Å²) in [5.74, 6) is 2.85. The van der Waals surface area contributed by atoms with Crippen LogP contribution in [-0.2, 0) is 13.0 Å². The fraction of sp³-hybridized carbons (Fsp3) is 0.842. The molecule has 0 saturated carbocycles. The number of rotatable bonds is 10. The van der Waals surface area contributed by atoms with Crippen molar-refractivity contribution >= 4 is 29.9 Å². The predicted molar refractivity (Wildman–Crippen MR) is 123 cm³/mol. The van der Waals surface area contributed by atoms with Gasteiger partial charge in [0.15, 0.2) is 5.96 Å². The number of hydrogen-bond donors (Lipinski definition) is 2. The largest absolute Gasteiger partial charge is 0.357 e. The van der Waals surface area contributed by atoms with E-state index in [-0.39, 0.29) is 24.0 Å². The first kappa shape index (κ1) is 24.1. The van der Waals surface area contributed by atoms with Crippen molar-refractivity contribution in [1.29, 1.82) is 0 Å². The highest BCUT2D eigenvalue weighted by Gasteiger charge is 2.14. The van der Waals surface area contributed by atoms with E-state index in [1.165, 1.54) is 38.9 Å². The van der Waals surface area contributed by atoms with Gasteiger partial charge >= 0.3 is 0 Å². The molecule has 1 aliphatic heterocycles. The van der Waals surface area contributed by atoms with Crippen molar-refractivity contribution in [3.63, 3.8) is 0 Å². The molecule has 2 rings (SSSR count). The topological polar surface area (TPSA) is 70.4 Å². The number of unbranched alkanes of at least 4 members (excludes halogenated alkanes) is 1. The molecule has 7 nitrogen and oxygen atoms in total. The second-order valence-electron chi connectivity index (χ2n) is 7.21. The third kappa shape index (κ3) is 9.23. The lowest BCUT2D eigenvalue weighted by molar-refractivity contribution is 0.190. The molecule has 1 fully saturated rings. The molecule has 0 amide bonds. The van der Waals surface area contributed by atoms with Crippen LogP contribution in [0.5, 0.6) is 0 Å². The second kappa shape index (κ2) is 14.1. The van der Waals surface area contributed by atoms with E-state index < -0.39 is 0 Å². The minimum atomic E-state index is 0. The number of halogens is 1. The van der Waals surface area contributed by atoms with Crippen LogP contribution in [0.1, 0.15) is 52.3 Å². The maximum Gasteiger partial charge on any atom is 0.191 e. The van der Waals surface area contributed by atoms with E-state index in [0.717, 1.165) is 56.7 Å². The molecule has 1 aromatic rings. The van der Waals surface area contributed by atoms with Crippen LogP contribution in [0.3, 0.4) is 0 Å². The van der Waals surface area contributed by atoms with Gasteiger partial charge < -0.3 is 20.1 Å². The molecule has 0 radical (unpaired) electrons. The summed E-state index contributed by atoms with van der Waals surface area (Å²) in [7, 11) is 0. The van der Waals surface area contributed by atoms with Crippen LogP contribution >= 0.6 is 24.0 Å². The maximum absolute atomic E-state index is 4.70. The van der Waals surface area contributed by atoms with Gasteiger partial charge in [-0.3, -0.25) is 4.99 Å². The zero-order chi connectivity index (χ0) is 18.6. The lowest BCUT2D eigenvalue weighted by Gasteiger charge is -2.30. The Labute approximate surface area is 181 Å². The van der Waals surface area contributed by atoms with E-state index in [9.17, 15) is 0 Å². The molecule has 0 aliphatic carbocycles. The standard InChI is InChI=1S/C19H37N7.HI/c1-4-18-24-23-16-26(18)15-11-22-19(20-5-2)21-10-6-7-12-25-13-8-17(3)9-14-25;/h16-17H,4-15H2,1-3H3,(H2,20,21,22);1H. The van der Waals surface area contributed by atoms with Gasteiger partial charge in [0.25, 0.3) is 0 Å². The van der Waals surface area contributed by atoms with Crippen LogP contribution in [0, 0.1) is 5.92 Å². The molecule has 0 atom stereocenters. The van der Waals surface area contributed by atoms with Crippen molar-refractivity contribution in [1.82, 2.24) is 30.3 Å². The van der Waals surface area contributed by atoms with Gasteiger partial charge in [-0.2, -0.15) is 0 Å². The number of piperidine rings is 1. The number of likely N-dealkylation sites (tertiary alicyclic amines) is 1. The Hall–Kier alpha value is -0.900. The fourth-order valence-electron chi connectivity index (χ4n) is 3.30. The highest BCUT2D eigenvalue weighted by atomic mass is 127. The van der Waals surface area contributed by atoms with Gasteiger partial charge in [0.2, 0.25) is 0 Å². The van der Waals surface area contributed by atoms with Crippen molar-refractivity contribution in [2.24, 2.45) is 10.9 Å². The van der Waals surface area contributed by atoms with Crippen molar-refractivity contribution in [2.75, 3.05) is 39.3 Å². The summed E-state index contributed by atoms with van der Waals surface area (Å²) in [5, 5.41) is 14.8. The molecule has 8 heteroatoms. The summed E-state index contributed by atoms with van der Waals surface area (Å²) in [5.41, 5.74) is 0. The molecule has 1 aromatic heterocycles. The van der Waals surface area contributed by atoms with Gasteiger partial charge in [0.1, 0.15) is 12.2 Å². The summed E-state index contributed by atoms with van der Waals surface area (Å²) < 4.78 is 2.09. The van der Waals surface area contributed by atoms with Crippen molar-refractivity contribution in [2.45, 2.75) is 59.4 Å². The maximum atomic E-state index is 4.70. The van der Waals surface area contributed by atoms with Crippen molar-refractivity contribution in [3.05, 3.63) is 12.2 Å². The number of nitrogens with zero attached hydrogens (tertiary/aromatic N) is 5. The quantitative estimate of drug-likeness (QED) is 0.228. The third-order valence-corrected chi connectivity index (χ3v) is 5.03. The Morgan fingerprint density at radius 2 is 1.96 bits per heavy atom. The van der Waals surface area contributed by atoms with Crippen LogP contribution in [0.25, 0.3) is 0 Å². The molecular weight excluding hydrogens is 453 g/mol. The summed E-state index contributed by atoms with van der Waals surface area (Å²) in [6, 6.07) is 0. The average Bonchev–Trinajstić information content (AvgIpc) is 3.10. The predicted octanol–water partition coefficient (Wildman–Crippen LogP) is 2.53. The Kier molecular flexibility index (Phi) is 12.6. The molecule has 0 unspecified atom stereocenters. The van der Waals surface area contributed by atoms with Crippen LogP contribution in [0.2, 0.25) is 0 Å². The minimum Gasteiger partial charge on any atom is -0.357 e. The molecule has 1 saturated heterocycles. The van der Waals surface area contributed by atoms with E-state index in [4.69, 9.17) is 4.99 Å². The normalized spacial score (nSPS) is 16.2. The molecule has 0 aromatic carbocycles. The van der Waals surface area contributed by atoms with Gasteiger partial charge in [-0.25, -0.2) is 0 Å². The number of nitrogens with one attached hydrogen (secondary N) is 2. The zero-order valence-corrected chi connectivity index (χ0v) is 19.6. The summed E-state index contributed by atoms with van der Waals surface area (Å²) >= 11 is 0. The Balaban J connectivity index is 0.00000364. The summed E-state index contributed by atoms with van der Waals surface area (Å²) in [4.78, 5) is 7.31. The van der Waals surface area contributed by atoms with E-state index in [0.29, 0.717) is 0 Å². The van der Waals surface area contributed by atoms with Gasteiger partial charge in [-0.05, 0) is 58.2 Å². The SMILES string of the molecule is CCNC(=NCCCCN1CCC(C)CC1)NCCn1cnnc1CC.I. The van der Waals surface area contributed by atoms with E-state index in [2.05, 4.69) is 51.1 Å². The van der Waals surface area contributed by atoms with Crippen LogP contribution in [0.4, 0.5) is 0 Å². The Bertz CT molecular complexity index is 524. The average molecular weight is 491 g/mol. The Morgan fingerprint density at radius 3 is 2.67 bits per heavy atom. The highest BCUT2D eigenvalue weighted by Crippen LogP contribution is 2.16. The lowest BCUT2D eigenvalue weighted by Crippen LogP contribution is -2.39. The van der Waals surface area contributed by atoms with Crippen LogP contribution in [-0.4, -0.2) is 64.9 Å². The van der Waals surface area contributed by atoms with E-state index in [1.807, 2.05) is 0 Å². The van der Waals surface area contributed by atoms with Gasteiger partial charge in [-0.15, -0.1) is 34.2 Å². The minimum absolute atomic E-state index is 0. The number of aromatic nitrogens is 3. The van der Waals surface area contributed by atoms with Gasteiger partial charge in [0.05, 0.1) is 0 Å². The summed E-state index contributed by atoms with van der Waals surface area (Å²) in [6.07, 6.45) is 7.81. The van der Waals surface area contributed by atoms with Crippen LogP contribution in [0.15, 0.2) is 11.3 Å². The van der Waals surface area contributed by atoms with Crippen LogP contribution < -0.4 is 10.6 Å². The molecule has 1 aliphatic rings. The smallest absolute Gasteiger partial charge is 0.191 e. The van der Waals surface area contributed by atoms with Gasteiger partial charge in [-0.1, -0.05) is 13.8 Å². The first-order valence-corrected chi connectivity index (χ1v) is 10.3. The molecule has 156 valence electrons. The van der Waals surface area contributed by atoms with Gasteiger partial charge in [0, 0.05) is 32.6 Å². The molecule has 0 bridgehead atoms. The molecule has 2 N–H and O–H groups in total. The van der Waals surface area contributed by atoms with Crippen molar-refractivity contribution < 1.29 is 0 Å². The lowest BCUT2D eigenvalue weighted by atomic mass is 9.99. The number of aryl methyl sites for hydroxylation is 1. The molecule has 27 heavy (non-hydrogen) atoms. The fourth-order valence-corrected chi connectivity index (χ4v) is 3.30. The summed E-state index contributed by atoms with van der Waals surface area (Å²) in [6.45, 7) is 13.8. The monoisotopic (exact) mass is 491 g/mol. The number of hydrogen-bond acceptors (Lipinski definition) is 4. The van der Waals surface area contributed by atoms with E-state index in [1.54, 1.807) is 6.33 Å². The second-order valence-corrected chi connectivity index (χ2v) is 7.21. The third-order valence-electron chi connectivity index (χ3n) is 5.03. The van der Waals surface area contributed by atoms with Crippen molar-refractivity contribution in [3.8, 4) is 0 Å². The molecule has 2 heterocycles. The molecular formula is C19H38IN7. The first-order chi connectivity index (χ1) is 12.7. The number of aliphatic imine (C=N–C) groups is 1. The zero-order valence-electron chi connectivity index (χ0n) is 17.3. The first-order valence-electron chi connectivity index (χ1n) is 10.3. The Morgan fingerprint density at radius 1 is 1.19 bits per heavy atom. The molecule has 0 spiro atoms. The highest BCUT2D eigenvalue weighted by molar-refractivity contribution is 14.0. The van der Waals surface area contributed by atoms with E-state index >= 15 is 0 Å². The number of guanidine groups is 1.